The molecule has 3 aromatic rings. The molecule has 11 heteroatoms. The van der Waals surface area contributed by atoms with E-state index in [-0.39, 0.29) is 24.2 Å². The van der Waals surface area contributed by atoms with Crippen molar-refractivity contribution in [2.75, 3.05) is 39.2 Å². The van der Waals surface area contributed by atoms with Crippen molar-refractivity contribution in [2.45, 2.75) is 26.0 Å². The van der Waals surface area contributed by atoms with Gasteiger partial charge < -0.3 is 14.8 Å². The Hall–Kier alpha value is -3.54. The Morgan fingerprint density at radius 3 is 2.62 bits per heavy atom. The number of aromatic nitrogens is 4. The second-order valence-corrected chi connectivity index (χ2v) is 7.92. The summed E-state index contributed by atoms with van der Waals surface area (Å²) in [6.07, 6.45) is 3.13. The Morgan fingerprint density at radius 2 is 1.94 bits per heavy atom. The topological polar surface area (TPSA) is 116 Å². The number of anilines is 1. The number of carbonyl (C=O) groups excluding carboxylic acids is 1. The standard InChI is InChI=1S/C23H29N7O4/c1-15-20(17-12-24-23(33-4)25-13-17)28-30(18-8-6-5-7-9-18)21(15)27-22(31)26-19-14-29(10-11-32-3)34-16(19)2/h5-9,12-13,16,19H,10-11,14H2,1-4H3,(H2,26,27,31)/t16-,19+/m0/s1. The van der Waals surface area contributed by atoms with Crippen molar-refractivity contribution in [1.29, 1.82) is 0 Å². The average molecular weight is 468 g/mol. The van der Waals surface area contributed by atoms with Gasteiger partial charge in [-0.1, -0.05) is 18.2 Å². The predicted octanol–water partition coefficient (Wildman–Crippen LogP) is 2.42. The van der Waals surface area contributed by atoms with Crippen molar-refractivity contribution in [3.63, 3.8) is 0 Å². The minimum Gasteiger partial charge on any atom is -0.467 e. The number of rotatable bonds is 8. The Bertz CT molecular complexity index is 1100. The number of nitrogens with zero attached hydrogens (tertiary/aromatic N) is 5. The summed E-state index contributed by atoms with van der Waals surface area (Å²) in [5.74, 6) is 0.553. The maximum atomic E-state index is 13.0. The Labute approximate surface area is 198 Å². The van der Waals surface area contributed by atoms with Gasteiger partial charge in [-0.3, -0.25) is 10.2 Å². The Kier molecular flexibility index (Phi) is 7.36. The summed E-state index contributed by atoms with van der Waals surface area (Å²) < 4.78 is 11.9. The van der Waals surface area contributed by atoms with E-state index in [9.17, 15) is 4.79 Å². The second-order valence-electron chi connectivity index (χ2n) is 7.92. The molecule has 0 aliphatic carbocycles. The molecule has 2 atom stereocenters. The highest BCUT2D eigenvalue weighted by Gasteiger charge is 2.32. The van der Waals surface area contributed by atoms with Gasteiger partial charge in [0.2, 0.25) is 0 Å². The first-order chi connectivity index (χ1) is 16.5. The van der Waals surface area contributed by atoms with E-state index in [2.05, 4.69) is 20.6 Å². The molecule has 1 saturated heterocycles. The Morgan fingerprint density at radius 1 is 1.21 bits per heavy atom. The number of amides is 2. The van der Waals surface area contributed by atoms with E-state index >= 15 is 0 Å². The summed E-state index contributed by atoms with van der Waals surface area (Å²) >= 11 is 0. The van der Waals surface area contributed by atoms with Crippen molar-refractivity contribution in [2.24, 2.45) is 0 Å². The minimum absolute atomic E-state index is 0.158. The molecule has 4 rings (SSSR count). The molecule has 0 radical (unpaired) electrons. The zero-order valence-corrected chi connectivity index (χ0v) is 19.7. The fourth-order valence-electron chi connectivity index (χ4n) is 3.75. The molecule has 2 N–H and O–H groups in total. The van der Waals surface area contributed by atoms with E-state index < -0.39 is 0 Å². The number of hydrogen-bond acceptors (Lipinski definition) is 8. The van der Waals surface area contributed by atoms with Gasteiger partial charge in [-0.15, -0.1) is 0 Å². The van der Waals surface area contributed by atoms with Crippen molar-refractivity contribution in [3.05, 3.63) is 48.3 Å². The van der Waals surface area contributed by atoms with Crippen molar-refractivity contribution < 1.29 is 19.1 Å². The maximum Gasteiger partial charge on any atom is 0.320 e. The molecule has 0 spiro atoms. The van der Waals surface area contributed by atoms with Crippen molar-refractivity contribution in [3.8, 4) is 23.0 Å². The van der Waals surface area contributed by atoms with Gasteiger partial charge in [0, 0.05) is 43.7 Å². The third kappa shape index (κ3) is 5.16. The zero-order chi connectivity index (χ0) is 24.1. The largest absolute Gasteiger partial charge is 0.467 e. The van der Waals surface area contributed by atoms with Crippen LogP contribution in [0, 0.1) is 6.92 Å². The van der Waals surface area contributed by atoms with Crippen LogP contribution < -0.4 is 15.4 Å². The third-order valence-corrected chi connectivity index (χ3v) is 5.58. The van der Waals surface area contributed by atoms with Gasteiger partial charge in [-0.2, -0.15) is 10.2 Å². The van der Waals surface area contributed by atoms with Crippen LogP contribution in [0.1, 0.15) is 12.5 Å². The van der Waals surface area contributed by atoms with Crippen LogP contribution in [0.25, 0.3) is 16.9 Å². The molecule has 0 unspecified atom stereocenters. The molecule has 1 aromatic carbocycles. The number of methoxy groups -OCH3 is 2. The first-order valence-electron chi connectivity index (χ1n) is 11.0. The van der Waals surface area contributed by atoms with E-state index in [4.69, 9.17) is 19.4 Å². The monoisotopic (exact) mass is 467 g/mol. The van der Waals surface area contributed by atoms with Gasteiger partial charge in [0.05, 0.1) is 31.5 Å². The molecule has 2 amide bonds. The molecule has 0 saturated carbocycles. The van der Waals surface area contributed by atoms with E-state index in [0.717, 1.165) is 11.3 Å². The average Bonchev–Trinajstić information content (AvgIpc) is 3.37. The molecule has 11 nitrogen and oxygen atoms in total. The van der Waals surface area contributed by atoms with Crippen LogP contribution >= 0.6 is 0 Å². The summed E-state index contributed by atoms with van der Waals surface area (Å²) in [4.78, 5) is 27.2. The van der Waals surface area contributed by atoms with Gasteiger partial charge in [0.25, 0.3) is 0 Å². The SMILES string of the molecule is COCCN1C[C@@H](NC(=O)Nc2c(C)c(-c3cnc(OC)nc3)nn2-c2ccccc2)[C@H](C)O1. The lowest BCUT2D eigenvalue weighted by Crippen LogP contribution is -2.44. The van der Waals surface area contributed by atoms with Crippen LogP contribution in [0.15, 0.2) is 42.7 Å². The number of nitrogens with one attached hydrogen (secondary N) is 2. The van der Waals surface area contributed by atoms with Gasteiger partial charge >= 0.3 is 12.0 Å². The van der Waals surface area contributed by atoms with Gasteiger partial charge in [0.15, 0.2) is 0 Å². The molecule has 3 heterocycles. The molecule has 1 aliphatic rings. The quantitative estimate of drug-likeness (QED) is 0.519. The lowest BCUT2D eigenvalue weighted by Gasteiger charge is -2.16. The number of carbonyl (C=O) groups is 1. The molecule has 0 bridgehead atoms. The van der Waals surface area contributed by atoms with Crippen molar-refractivity contribution >= 4 is 11.8 Å². The third-order valence-electron chi connectivity index (χ3n) is 5.58. The number of para-hydroxylation sites is 1. The fourth-order valence-corrected chi connectivity index (χ4v) is 3.75. The van der Waals surface area contributed by atoms with Crippen LogP contribution in [-0.4, -0.2) is 76.9 Å². The first kappa shape index (κ1) is 23.6. The highest BCUT2D eigenvalue weighted by molar-refractivity contribution is 5.91. The number of urea groups is 1. The molecule has 34 heavy (non-hydrogen) atoms. The van der Waals surface area contributed by atoms with Crippen LogP contribution in [-0.2, 0) is 9.57 Å². The Balaban J connectivity index is 1.57. The lowest BCUT2D eigenvalue weighted by atomic mass is 10.1. The number of ether oxygens (including phenoxy) is 2. The zero-order valence-electron chi connectivity index (χ0n) is 19.7. The lowest BCUT2D eigenvalue weighted by molar-refractivity contribution is -0.146. The van der Waals surface area contributed by atoms with E-state index in [1.54, 1.807) is 29.2 Å². The molecular formula is C23H29N7O4. The van der Waals surface area contributed by atoms with E-state index in [1.807, 2.05) is 44.2 Å². The number of hydrogen-bond donors (Lipinski definition) is 2. The highest BCUT2D eigenvalue weighted by Crippen LogP contribution is 2.30. The van der Waals surface area contributed by atoms with E-state index in [0.29, 0.717) is 36.8 Å². The van der Waals surface area contributed by atoms with Gasteiger partial charge in [0.1, 0.15) is 11.5 Å². The highest BCUT2D eigenvalue weighted by atomic mass is 16.7. The van der Waals surface area contributed by atoms with Gasteiger partial charge in [-0.25, -0.2) is 19.4 Å². The number of hydroxylamine groups is 2. The summed E-state index contributed by atoms with van der Waals surface area (Å²) in [6.45, 7) is 5.59. The van der Waals surface area contributed by atoms with Crippen molar-refractivity contribution in [1.82, 2.24) is 30.1 Å². The normalized spacial score (nSPS) is 18.1. The molecule has 1 aliphatic heterocycles. The fraction of sp³-hybridized carbons (Fsp3) is 0.391. The summed E-state index contributed by atoms with van der Waals surface area (Å²) in [6, 6.07) is 9.36. The molecule has 180 valence electrons. The van der Waals surface area contributed by atoms with Crippen LogP contribution in [0.3, 0.4) is 0 Å². The molecule has 1 fully saturated rings. The molecule has 2 aromatic heterocycles. The summed E-state index contributed by atoms with van der Waals surface area (Å²) in [5.41, 5.74) is 2.96. The predicted molar refractivity (Wildman–Crippen MR) is 126 cm³/mol. The van der Waals surface area contributed by atoms with Crippen LogP contribution in [0.4, 0.5) is 10.6 Å². The molecular weight excluding hydrogens is 438 g/mol. The van der Waals surface area contributed by atoms with Crippen LogP contribution in [0.2, 0.25) is 0 Å². The summed E-state index contributed by atoms with van der Waals surface area (Å²) in [5, 5.41) is 12.6. The van der Waals surface area contributed by atoms with Gasteiger partial charge in [-0.05, 0) is 26.0 Å². The summed E-state index contributed by atoms with van der Waals surface area (Å²) in [7, 11) is 3.16. The number of benzene rings is 1. The first-order valence-corrected chi connectivity index (χ1v) is 11.0. The minimum atomic E-state index is -0.341. The second kappa shape index (κ2) is 10.6. The van der Waals surface area contributed by atoms with E-state index in [1.165, 1.54) is 7.11 Å². The maximum absolute atomic E-state index is 13.0. The smallest absolute Gasteiger partial charge is 0.320 e. The van der Waals surface area contributed by atoms with Crippen LogP contribution in [0.5, 0.6) is 6.01 Å².